The molecule has 1 atom stereocenters. The summed E-state index contributed by atoms with van der Waals surface area (Å²) in [5.41, 5.74) is 4.58. The fourth-order valence-electron chi connectivity index (χ4n) is 2.19. The van der Waals surface area contributed by atoms with E-state index >= 15 is 0 Å². The van der Waals surface area contributed by atoms with Crippen molar-refractivity contribution < 1.29 is 9.84 Å². The number of hydrogen-bond acceptors (Lipinski definition) is 3. The fourth-order valence-corrected chi connectivity index (χ4v) is 2.19. The maximum absolute atomic E-state index is 9.80. The van der Waals surface area contributed by atoms with Crippen LogP contribution in [0.2, 0.25) is 0 Å². The predicted octanol–water partition coefficient (Wildman–Crippen LogP) is 3.81. The van der Waals surface area contributed by atoms with Gasteiger partial charge in [-0.05, 0) is 55.7 Å². The zero-order chi connectivity index (χ0) is 15.4. The number of nitrogens with zero attached hydrogens (tertiary/aromatic N) is 1. The molecule has 0 radical (unpaired) electrons. The van der Waals surface area contributed by atoms with Crippen molar-refractivity contribution in [3.05, 3.63) is 64.2 Å². The van der Waals surface area contributed by atoms with Crippen LogP contribution in [0.5, 0.6) is 5.75 Å². The van der Waals surface area contributed by atoms with E-state index < -0.39 is 6.10 Å². The van der Waals surface area contributed by atoms with Gasteiger partial charge in [-0.15, -0.1) is 0 Å². The Morgan fingerprint density at radius 2 is 1.95 bits per heavy atom. The van der Waals surface area contributed by atoms with Crippen LogP contribution in [0, 0.1) is 25.2 Å². The molecule has 0 aliphatic rings. The maximum Gasteiger partial charge on any atom is 0.125 e. The number of aliphatic hydroxyl groups is 1. The Labute approximate surface area is 125 Å². The van der Waals surface area contributed by atoms with Gasteiger partial charge < -0.3 is 9.84 Å². The van der Waals surface area contributed by atoms with E-state index in [0.717, 1.165) is 22.3 Å². The van der Waals surface area contributed by atoms with Crippen molar-refractivity contribution >= 4 is 0 Å². The first-order chi connectivity index (χ1) is 10.0. The molecular formula is C18H19NO2. The van der Waals surface area contributed by atoms with E-state index in [4.69, 9.17) is 10.00 Å². The van der Waals surface area contributed by atoms with Crippen LogP contribution < -0.4 is 4.74 Å². The molecule has 21 heavy (non-hydrogen) atoms. The largest absolute Gasteiger partial charge is 0.489 e. The lowest BCUT2D eigenvalue weighted by atomic mass is 10.1. The Balaban J connectivity index is 2.20. The molecule has 0 amide bonds. The summed E-state index contributed by atoms with van der Waals surface area (Å²) in [6.45, 7) is 6.10. The molecule has 2 aromatic rings. The number of nitriles is 1. The summed E-state index contributed by atoms with van der Waals surface area (Å²) in [6.07, 6.45) is -0.567. The number of hydrogen-bond donors (Lipinski definition) is 1. The lowest BCUT2D eigenvalue weighted by molar-refractivity contribution is 0.190. The number of rotatable bonds is 4. The van der Waals surface area contributed by atoms with Crippen LogP contribution in [0.25, 0.3) is 0 Å². The molecule has 3 heteroatoms. The summed E-state index contributed by atoms with van der Waals surface area (Å²) in [5.74, 6) is 0.703. The molecule has 0 aliphatic carbocycles. The van der Waals surface area contributed by atoms with E-state index in [-0.39, 0.29) is 0 Å². The number of ether oxygens (including phenoxy) is 1. The monoisotopic (exact) mass is 281 g/mol. The lowest BCUT2D eigenvalue weighted by Crippen LogP contribution is -2.03. The zero-order valence-corrected chi connectivity index (χ0v) is 12.6. The van der Waals surface area contributed by atoms with Crippen LogP contribution in [-0.4, -0.2) is 5.11 Å². The minimum Gasteiger partial charge on any atom is -0.489 e. The molecule has 0 fully saturated rings. The normalized spacial score (nSPS) is 11.8. The first-order valence-corrected chi connectivity index (χ1v) is 6.92. The average Bonchev–Trinajstić information content (AvgIpc) is 2.45. The Morgan fingerprint density at radius 3 is 2.57 bits per heavy atom. The van der Waals surface area contributed by atoms with Crippen molar-refractivity contribution in [1.29, 1.82) is 5.26 Å². The smallest absolute Gasteiger partial charge is 0.125 e. The highest BCUT2D eigenvalue weighted by molar-refractivity contribution is 5.40. The third-order valence-electron chi connectivity index (χ3n) is 3.47. The van der Waals surface area contributed by atoms with Crippen molar-refractivity contribution in [3.63, 3.8) is 0 Å². The van der Waals surface area contributed by atoms with Crippen LogP contribution in [0.15, 0.2) is 36.4 Å². The fraction of sp³-hybridized carbons (Fsp3) is 0.278. The first kappa shape index (κ1) is 15.1. The van der Waals surface area contributed by atoms with Gasteiger partial charge in [0.2, 0.25) is 0 Å². The SMILES string of the molecule is Cc1ccc(C(C)O)c(OCc2ccc(C#N)cc2C)c1. The van der Waals surface area contributed by atoms with Gasteiger partial charge in [-0.25, -0.2) is 0 Å². The van der Waals surface area contributed by atoms with Gasteiger partial charge in [0.1, 0.15) is 12.4 Å². The van der Waals surface area contributed by atoms with Crippen LogP contribution in [0.3, 0.4) is 0 Å². The van der Waals surface area contributed by atoms with E-state index in [1.54, 1.807) is 13.0 Å². The highest BCUT2D eigenvalue weighted by Crippen LogP contribution is 2.27. The van der Waals surface area contributed by atoms with E-state index in [0.29, 0.717) is 17.9 Å². The van der Waals surface area contributed by atoms with Gasteiger partial charge in [-0.2, -0.15) is 5.26 Å². The van der Waals surface area contributed by atoms with E-state index in [1.807, 2.05) is 44.2 Å². The van der Waals surface area contributed by atoms with Crippen LogP contribution in [-0.2, 0) is 6.61 Å². The number of aliphatic hydroxyl groups excluding tert-OH is 1. The van der Waals surface area contributed by atoms with E-state index in [9.17, 15) is 5.11 Å². The molecule has 0 bridgehead atoms. The van der Waals surface area contributed by atoms with Crippen LogP contribution in [0.1, 0.15) is 40.8 Å². The summed E-state index contributed by atoms with van der Waals surface area (Å²) in [6, 6.07) is 13.5. The minimum atomic E-state index is -0.567. The molecule has 2 aromatic carbocycles. The van der Waals surface area contributed by atoms with Gasteiger partial charge >= 0.3 is 0 Å². The average molecular weight is 281 g/mol. The van der Waals surface area contributed by atoms with E-state index in [1.165, 1.54) is 0 Å². The topological polar surface area (TPSA) is 53.2 Å². The third-order valence-corrected chi connectivity index (χ3v) is 3.47. The Hall–Kier alpha value is -2.31. The van der Waals surface area contributed by atoms with Crippen LogP contribution in [0.4, 0.5) is 0 Å². The zero-order valence-electron chi connectivity index (χ0n) is 12.6. The standard InChI is InChI=1S/C18H19NO2/c1-12-4-7-17(14(3)20)18(8-12)21-11-16-6-5-15(10-19)9-13(16)2/h4-9,14,20H,11H2,1-3H3. The molecule has 2 rings (SSSR count). The van der Waals surface area contributed by atoms with Crippen molar-refractivity contribution in [2.45, 2.75) is 33.5 Å². The van der Waals surface area contributed by atoms with Gasteiger partial charge in [-0.1, -0.05) is 18.2 Å². The Morgan fingerprint density at radius 1 is 1.19 bits per heavy atom. The minimum absolute atomic E-state index is 0.417. The van der Waals surface area contributed by atoms with Crippen molar-refractivity contribution in [1.82, 2.24) is 0 Å². The quantitative estimate of drug-likeness (QED) is 0.927. The molecule has 0 spiro atoms. The molecule has 108 valence electrons. The van der Waals surface area contributed by atoms with Gasteiger partial charge in [0, 0.05) is 5.56 Å². The molecule has 0 heterocycles. The molecular weight excluding hydrogens is 262 g/mol. The molecule has 0 aromatic heterocycles. The molecule has 0 saturated heterocycles. The van der Waals surface area contributed by atoms with Gasteiger partial charge in [0.25, 0.3) is 0 Å². The molecule has 0 aliphatic heterocycles. The van der Waals surface area contributed by atoms with E-state index in [2.05, 4.69) is 6.07 Å². The second-order valence-corrected chi connectivity index (χ2v) is 5.26. The molecule has 1 N–H and O–H groups in total. The van der Waals surface area contributed by atoms with Crippen molar-refractivity contribution in [3.8, 4) is 11.8 Å². The van der Waals surface area contributed by atoms with Crippen molar-refractivity contribution in [2.75, 3.05) is 0 Å². The maximum atomic E-state index is 9.80. The third kappa shape index (κ3) is 3.62. The summed E-state index contributed by atoms with van der Waals surface area (Å²) in [7, 11) is 0. The van der Waals surface area contributed by atoms with Gasteiger partial charge in [0.05, 0.1) is 17.7 Å². The number of aryl methyl sites for hydroxylation is 2. The molecule has 3 nitrogen and oxygen atoms in total. The summed E-state index contributed by atoms with van der Waals surface area (Å²) in [4.78, 5) is 0. The lowest BCUT2D eigenvalue weighted by Gasteiger charge is -2.15. The predicted molar refractivity (Wildman–Crippen MR) is 82.0 cm³/mol. The van der Waals surface area contributed by atoms with Crippen LogP contribution >= 0.6 is 0 Å². The Bertz CT molecular complexity index is 684. The summed E-state index contributed by atoms with van der Waals surface area (Å²) in [5, 5.41) is 18.7. The highest BCUT2D eigenvalue weighted by Gasteiger charge is 2.10. The van der Waals surface area contributed by atoms with Gasteiger partial charge in [-0.3, -0.25) is 0 Å². The number of benzene rings is 2. The molecule has 0 saturated carbocycles. The molecule has 1 unspecified atom stereocenters. The second-order valence-electron chi connectivity index (χ2n) is 5.26. The van der Waals surface area contributed by atoms with Crippen molar-refractivity contribution in [2.24, 2.45) is 0 Å². The highest BCUT2D eigenvalue weighted by atomic mass is 16.5. The second kappa shape index (κ2) is 6.43. The summed E-state index contributed by atoms with van der Waals surface area (Å²) < 4.78 is 5.88. The Kier molecular flexibility index (Phi) is 4.62. The van der Waals surface area contributed by atoms with Gasteiger partial charge in [0.15, 0.2) is 0 Å². The first-order valence-electron chi connectivity index (χ1n) is 6.92. The summed E-state index contributed by atoms with van der Waals surface area (Å²) >= 11 is 0.